The number of aromatic amines is 2. The number of pyridine rings is 2. The van der Waals surface area contributed by atoms with Gasteiger partial charge < -0.3 is 10.3 Å². The summed E-state index contributed by atoms with van der Waals surface area (Å²) in [4.78, 5) is 29.3. The fraction of sp³-hybridized carbons (Fsp3) is 0.148. The van der Waals surface area contributed by atoms with Gasteiger partial charge in [-0.1, -0.05) is 6.42 Å². The molecule has 1 aliphatic carbocycles. The first kappa shape index (κ1) is 21.8. The van der Waals surface area contributed by atoms with E-state index in [0.717, 1.165) is 41.6 Å². The zero-order valence-electron chi connectivity index (χ0n) is 19.5. The molecule has 0 bridgehead atoms. The minimum absolute atomic E-state index is 0.0144. The molecule has 1 fully saturated rings. The second kappa shape index (κ2) is 8.59. The van der Waals surface area contributed by atoms with E-state index in [9.17, 15) is 4.79 Å². The average Bonchev–Trinajstić information content (AvgIpc) is 3.61. The highest BCUT2D eigenvalue weighted by Crippen LogP contribution is 2.35. The van der Waals surface area contributed by atoms with Gasteiger partial charge in [-0.2, -0.15) is 16.4 Å². The summed E-state index contributed by atoms with van der Waals surface area (Å²) in [6.45, 7) is 0. The van der Waals surface area contributed by atoms with Crippen LogP contribution in [0.1, 0.15) is 19.3 Å². The van der Waals surface area contributed by atoms with Crippen LogP contribution in [0.3, 0.4) is 0 Å². The summed E-state index contributed by atoms with van der Waals surface area (Å²) < 4.78 is 15.2. The van der Waals surface area contributed by atoms with Crippen molar-refractivity contribution in [3.05, 3.63) is 65.5 Å². The Morgan fingerprint density at radius 1 is 1.08 bits per heavy atom. The van der Waals surface area contributed by atoms with Gasteiger partial charge in [0.25, 0.3) is 0 Å². The maximum atomic E-state index is 15.2. The molecule has 0 saturated heterocycles. The van der Waals surface area contributed by atoms with Crippen molar-refractivity contribution in [3.63, 3.8) is 0 Å². The van der Waals surface area contributed by atoms with Crippen LogP contribution in [0.5, 0.6) is 0 Å². The number of hydrogen-bond acceptors (Lipinski definition) is 6. The Labute approximate surface area is 214 Å². The maximum Gasteiger partial charge on any atom is 0.227 e. The standard InChI is InChI=1S/C27H20FN7OS/c28-20-10-22-19(9-18(20)16-8-17(12-29-11-16)31-27(36)14-2-1-3-14)24(35-34-22)26-32-21-4-6-30-23(25(21)33-26)15-5-7-37-13-15/h4-14H,1-3H2,(H,31,36)(H,32,33)(H,34,35). The van der Waals surface area contributed by atoms with Gasteiger partial charge in [0.1, 0.15) is 17.0 Å². The van der Waals surface area contributed by atoms with Gasteiger partial charge in [0, 0.05) is 51.8 Å². The topological polar surface area (TPSA) is 112 Å². The van der Waals surface area contributed by atoms with Crippen LogP contribution < -0.4 is 5.32 Å². The molecule has 0 atom stereocenters. The number of hydrogen-bond donors (Lipinski definition) is 3. The third-order valence-electron chi connectivity index (χ3n) is 6.86. The predicted octanol–water partition coefficient (Wildman–Crippen LogP) is 6.17. The zero-order valence-corrected chi connectivity index (χ0v) is 20.3. The monoisotopic (exact) mass is 509 g/mol. The van der Waals surface area contributed by atoms with Gasteiger partial charge in [-0.3, -0.25) is 19.9 Å². The Kier molecular flexibility index (Phi) is 5.07. The fourth-order valence-electron chi connectivity index (χ4n) is 4.67. The summed E-state index contributed by atoms with van der Waals surface area (Å²) >= 11 is 1.60. The predicted molar refractivity (Wildman–Crippen MR) is 141 cm³/mol. The number of fused-ring (bicyclic) bond motifs is 2. The molecule has 7 rings (SSSR count). The second-order valence-electron chi connectivity index (χ2n) is 9.18. The summed E-state index contributed by atoms with van der Waals surface area (Å²) in [5.41, 5.74) is 5.97. The number of amides is 1. The van der Waals surface area contributed by atoms with Crippen molar-refractivity contribution in [2.75, 3.05) is 5.32 Å². The molecule has 1 aliphatic rings. The second-order valence-corrected chi connectivity index (χ2v) is 9.96. The van der Waals surface area contributed by atoms with E-state index >= 15 is 4.39 Å². The maximum absolute atomic E-state index is 15.2. The lowest BCUT2D eigenvalue weighted by Gasteiger charge is -2.24. The lowest BCUT2D eigenvalue weighted by molar-refractivity contribution is -0.122. The van der Waals surface area contributed by atoms with E-state index in [-0.39, 0.29) is 11.8 Å². The third kappa shape index (κ3) is 3.77. The molecule has 5 heterocycles. The van der Waals surface area contributed by atoms with Crippen molar-refractivity contribution in [2.45, 2.75) is 19.3 Å². The number of carbonyl (C=O) groups excluding carboxylic acids is 1. The van der Waals surface area contributed by atoms with Crippen molar-refractivity contribution < 1.29 is 9.18 Å². The van der Waals surface area contributed by atoms with Crippen LogP contribution in [0.4, 0.5) is 10.1 Å². The summed E-state index contributed by atoms with van der Waals surface area (Å²) in [5.74, 6) is 0.173. The first-order valence-electron chi connectivity index (χ1n) is 12.0. The van der Waals surface area contributed by atoms with Crippen molar-refractivity contribution in [1.29, 1.82) is 0 Å². The number of halogens is 1. The molecular formula is C27H20FN7OS. The number of H-pyrrole nitrogens is 2. The van der Waals surface area contributed by atoms with Crippen molar-refractivity contribution in [2.24, 2.45) is 5.92 Å². The Morgan fingerprint density at radius 2 is 2.00 bits per heavy atom. The summed E-state index contributed by atoms with van der Waals surface area (Å²) in [5, 5.41) is 15.0. The molecule has 182 valence electrons. The Bertz CT molecular complexity index is 1790. The van der Waals surface area contributed by atoms with E-state index in [1.54, 1.807) is 42.1 Å². The van der Waals surface area contributed by atoms with E-state index < -0.39 is 5.82 Å². The van der Waals surface area contributed by atoms with E-state index in [1.807, 2.05) is 22.9 Å². The van der Waals surface area contributed by atoms with Gasteiger partial charge in [-0.25, -0.2) is 9.37 Å². The smallest absolute Gasteiger partial charge is 0.227 e. The molecule has 1 aromatic carbocycles. The van der Waals surface area contributed by atoms with Crippen LogP contribution >= 0.6 is 11.3 Å². The molecule has 1 saturated carbocycles. The first-order chi connectivity index (χ1) is 18.1. The molecule has 10 heteroatoms. The van der Waals surface area contributed by atoms with Crippen molar-refractivity contribution >= 4 is 44.9 Å². The van der Waals surface area contributed by atoms with Gasteiger partial charge in [0.05, 0.1) is 28.6 Å². The molecule has 6 aromatic rings. The van der Waals surface area contributed by atoms with Crippen LogP contribution in [0.25, 0.3) is 55.8 Å². The van der Waals surface area contributed by atoms with Crippen molar-refractivity contribution in [1.82, 2.24) is 30.1 Å². The number of thiophene rings is 1. The van der Waals surface area contributed by atoms with E-state index in [2.05, 4.69) is 30.5 Å². The summed E-state index contributed by atoms with van der Waals surface area (Å²) in [6, 6.07) is 8.78. The highest BCUT2D eigenvalue weighted by Gasteiger charge is 2.25. The lowest BCUT2D eigenvalue weighted by Crippen LogP contribution is -2.28. The molecule has 3 N–H and O–H groups in total. The highest BCUT2D eigenvalue weighted by atomic mass is 32.1. The molecular weight excluding hydrogens is 489 g/mol. The van der Waals surface area contributed by atoms with Gasteiger partial charge in [0.2, 0.25) is 5.91 Å². The van der Waals surface area contributed by atoms with E-state index in [1.165, 1.54) is 6.07 Å². The Balaban J connectivity index is 1.29. The average molecular weight is 510 g/mol. The van der Waals surface area contributed by atoms with Crippen LogP contribution in [0.15, 0.2) is 59.7 Å². The van der Waals surface area contributed by atoms with Gasteiger partial charge in [-0.15, -0.1) is 0 Å². The minimum atomic E-state index is -0.416. The number of benzene rings is 1. The third-order valence-corrected chi connectivity index (χ3v) is 7.55. The minimum Gasteiger partial charge on any atom is -0.336 e. The largest absolute Gasteiger partial charge is 0.336 e. The van der Waals surface area contributed by atoms with Gasteiger partial charge in [-0.05, 0) is 42.5 Å². The molecule has 37 heavy (non-hydrogen) atoms. The van der Waals surface area contributed by atoms with Gasteiger partial charge in [0.15, 0.2) is 5.82 Å². The fourth-order valence-corrected chi connectivity index (χ4v) is 5.31. The normalized spacial score (nSPS) is 13.8. The van der Waals surface area contributed by atoms with Gasteiger partial charge >= 0.3 is 0 Å². The number of aromatic nitrogens is 6. The Hall–Kier alpha value is -4.44. The number of imidazole rings is 1. The van der Waals surface area contributed by atoms with Crippen LogP contribution in [-0.2, 0) is 4.79 Å². The molecule has 8 nitrogen and oxygen atoms in total. The summed E-state index contributed by atoms with van der Waals surface area (Å²) in [6.07, 6.45) is 7.79. The number of carbonyl (C=O) groups is 1. The van der Waals surface area contributed by atoms with Crippen molar-refractivity contribution in [3.8, 4) is 33.9 Å². The number of anilines is 1. The highest BCUT2D eigenvalue weighted by molar-refractivity contribution is 7.08. The van der Waals surface area contributed by atoms with Crippen LogP contribution in [0.2, 0.25) is 0 Å². The lowest BCUT2D eigenvalue weighted by atomic mass is 9.85. The number of nitrogens with zero attached hydrogens (tertiary/aromatic N) is 4. The van der Waals surface area contributed by atoms with Crippen LogP contribution in [-0.4, -0.2) is 36.0 Å². The molecule has 0 radical (unpaired) electrons. The molecule has 1 amide bonds. The Morgan fingerprint density at radius 3 is 2.81 bits per heavy atom. The quantitative estimate of drug-likeness (QED) is 0.257. The molecule has 0 aliphatic heterocycles. The zero-order chi connectivity index (χ0) is 24.9. The number of nitrogens with one attached hydrogen (secondary N) is 3. The summed E-state index contributed by atoms with van der Waals surface area (Å²) in [7, 11) is 0. The first-order valence-corrected chi connectivity index (χ1v) is 12.9. The SMILES string of the molecule is O=C(Nc1cncc(-c2cc3c(-c4nc5c(-c6ccsc6)nccc5[nH]4)n[nH]c3cc2F)c1)C1CCC1. The molecule has 0 unspecified atom stereocenters. The van der Waals surface area contributed by atoms with E-state index in [4.69, 9.17) is 4.98 Å². The van der Waals surface area contributed by atoms with Crippen LogP contribution in [0, 0.1) is 11.7 Å². The molecule has 0 spiro atoms. The number of rotatable bonds is 5. The molecule has 5 aromatic heterocycles. The van der Waals surface area contributed by atoms with E-state index in [0.29, 0.717) is 39.2 Å².